The molecule has 2 aromatic heterocycles. The minimum absolute atomic E-state index is 0.0852. The lowest BCUT2D eigenvalue weighted by Gasteiger charge is -2.33. The van der Waals surface area contributed by atoms with Crippen molar-refractivity contribution in [3.63, 3.8) is 0 Å². The van der Waals surface area contributed by atoms with Crippen molar-refractivity contribution in [1.29, 1.82) is 0 Å². The van der Waals surface area contributed by atoms with Gasteiger partial charge in [-0.15, -0.1) is 5.10 Å². The van der Waals surface area contributed by atoms with Crippen LogP contribution in [0.2, 0.25) is 0 Å². The lowest BCUT2D eigenvalue weighted by molar-refractivity contribution is -0.132. The molecule has 0 bridgehead atoms. The molecule has 1 fully saturated rings. The van der Waals surface area contributed by atoms with Gasteiger partial charge >= 0.3 is 0 Å². The molecule has 1 aliphatic heterocycles. The molecule has 3 heterocycles. The van der Waals surface area contributed by atoms with Gasteiger partial charge in [0, 0.05) is 81.0 Å². The minimum atomic E-state index is -0.0852. The molecule has 1 aliphatic rings. The number of likely N-dealkylation sites (tertiary alicyclic amines) is 1. The zero-order valence-corrected chi connectivity index (χ0v) is 22.9. The number of ether oxygens (including phenoxy) is 1. The summed E-state index contributed by atoms with van der Waals surface area (Å²) in [5.74, 6) is 0.962. The molecule has 10 nitrogen and oxygen atoms in total. The van der Waals surface area contributed by atoms with Gasteiger partial charge in [-0.2, -0.15) is 0 Å². The number of aromatic nitrogens is 4. The number of benzene rings is 2. The second-order valence-corrected chi connectivity index (χ2v) is 10.2. The number of carbonyl (C=O) groups is 2. The molecule has 4 aromatic rings. The van der Waals surface area contributed by atoms with Gasteiger partial charge in [0.2, 0.25) is 5.91 Å². The van der Waals surface area contributed by atoms with Gasteiger partial charge in [-0.25, -0.2) is 0 Å². The molecule has 5 rings (SSSR count). The Labute approximate surface area is 227 Å². The topological polar surface area (TPSA) is 108 Å². The number of methoxy groups -OCH3 is 1. The highest BCUT2D eigenvalue weighted by molar-refractivity contribution is 6.04. The molecule has 0 saturated carbocycles. The van der Waals surface area contributed by atoms with Crippen molar-refractivity contribution in [3.05, 3.63) is 60.0 Å². The number of aryl methyl sites for hydroxylation is 1. The summed E-state index contributed by atoms with van der Waals surface area (Å²) in [5, 5.41) is 11.9. The van der Waals surface area contributed by atoms with Crippen LogP contribution in [0.25, 0.3) is 22.0 Å². The van der Waals surface area contributed by atoms with Crippen LogP contribution in [0.1, 0.15) is 41.2 Å². The molecule has 204 valence electrons. The number of H-pyrrole nitrogens is 1. The Morgan fingerprint density at radius 1 is 1.18 bits per heavy atom. The van der Waals surface area contributed by atoms with Crippen LogP contribution in [-0.4, -0.2) is 82.9 Å². The van der Waals surface area contributed by atoms with E-state index >= 15 is 0 Å². The fourth-order valence-corrected chi connectivity index (χ4v) is 5.34. The monoisotopic (exact) mass is 529 g/mol. The van der Waals surface area contributed by atoms with E-state index in [1.807, 2.05) is 36.2 Å². The van der Waals surface area contributed by atoms with Crippen LogP contribution in [0.4, 0.5) is 5.69 Å². The number of nitrogens with one attached hydrogen (secondary N) is 2. The summed E-state index contributed by atoms with van der Waals surface area (Å²) in [4.78, 5) is 32.8. The Morgan fingerprint density at radius 2 is 2.03 bits per heavy atom. The molecule has 2 amide bonds. The smallest absolute Gasteiger partial charge is 0.269 e. The van der Waals surface area contributed by atoms with Crippen LogP contribution in [0, 0.1) is 0 Å². The fourth-order valence-electron chi connectivity index (χ4n) is 5.34. The largest absolute Gasteiger partial charge is 0.496 e. The molecule has 2 N–H and O–H groups in total. The minimum Gasteiger partial charge on any atom is -0.496 e. The first-order chi connectivity index (χ1) is 18.9. The van der Waals surface area contributed by atoms with Crippen molar-refractivity contribution in [3.8, 4) is 16.9 Å². The van der Waals surface area contributed by atoms with Crippen molar-refractivity contribution < 1.29 is 14.3 Å². The first-order valence-corrected chi connectivity index (χ1v) is 13.2. The average molecular weight is 530 g/mol. The first kappa shape index (κ1) is 26.3. The maximum absolute atomic E-state index is 13.1. The number of carbonyl (C=O) groups excluding carboxylic acids is 2. The summed E-state index contributed by atoms with van der Waals surface area (Å²) < 4.78 is 7.47. The molecular weight excluding hydrogens is 494 g/mol. The van der Waals surface area contributed by atoms with E-state index < -0.39 is 0 Å². The van der Waals surface area contributed by atoms with Crippen LogP contribution in [-0.2, 0) is 11.3 Å². The number of rotatable bonds is 8. The van der Waals surface area contributed by atoms with Gasteiger partial charge in [0.1, 0.15) is 11.4 Å². The van der Waals surface area contributed by atoms with E-state index in [-0.39, 0.29) is 17.7 Å². The average Bonchev–Trinajstić information content (AvgIpc) is 3.64. The Balaban J connectivity index is 1.51. The molecule has 10 heteroatoms. The highest BCUT2D eigenvalue weighted by atomic mass is 16.5. The maximum Gasteiger partial charge on any atom is 0.269 e. The Kier molecular flexibility index (Phi) is 7.53. The second-order valence-electron chi connectivity index (χ2n) is 10.2. The van der Waals surface area contributed by atoms with E-state index in [2.05, 4.69) is 32.7 Å². The van der Waals surface area contributed by atoms with E-state index in [9.17, 15) is 9.59 Å². The maximum atomic E-state index is 13.1. The number of fused-ring (bicyclic) bond motifs is 1. The third kappa shape index (κ3) is 5.45. The van der Waals surface area contributed by atoms with Gasteiger partial charge in [0.25, 0.3) is 5.91 Å². The van der Waals surface area contributed by atoms with Crippen molar-refractivity contribution in [2.75, 3.05) is 46.7 Å². The third-order valence-corrected chi connectivity index (χ3v) is 7.45. The highest BCUT2D eigenvalue weighted by Gasteiger charge is 2.26. The molecular formula is C29H35N7O3. The molecule has 1 saturated heterocycles. The third-order valence-electron chi connectivity index (χ3n) is 7.45. The first-order valence-electron chi connectivity index (χ1n) is 13.2. The number of aromatic amines is 1. The molecule has 0 aliphatic carbocycles. The number of nitrogens with zero attached hydrogens (tertiary/aromatic N) is 5. The lowest BCUT2D eigenvalue weighted by Crippen LogP contribution is -2.39. The number of hydrogen-bond acceptors (Lipinski definition) is 6. The van der Waals surface area contributed by atoms with Crippen molar-refractivity contribution in [2.45, 2.75) is 31.7 Å². The van der Waals surface area contributed by atoms with Crippen LogP contribution in [0.15, 0.2) is 48.8 Å². The van der Waals surface area contributed by atoms with E-state index in [0.717, 1.165) is 58.4 Å². The summed E-state index contributed by atoms with van der Waals surface area (Å²) >= 11 is 0. The summed E-state index contributed by atoms with van der Waals surface area (Å²) in [5.41, 5.74) is 5.45. The molecule has 39 heavy (non-hydrogen) atoms. The van der Waals surface area contributed by atoms with Gasteiger partial charge in [-0.3, -0.25) is 14.3 Å². The van der Waals surface area contributed by atoms with Crippen LogP contribution < -0.4 is 10.1 Å². The van der Waals surface area contributed by atoms with Crippen LogP contribution in [0.5, 0.6) is 5.75 Å². The van der Waals surface area contributed by atoms with Crippen LogP contribution >= 0.6 is 0 Å². The van der Waals surface area contributed by atoms with Gasteiger partial charge < -0.3 is 24.8 Å². The standard InChI is InChI=1S/C29H35N7O3/c1-30-21-7-8-22(27(16-21)39-4)23-14-20(15-25-24(23)17-26(32-25)29(38)34(2)3)19-6-5-11-35(18-19)28(37)9-12-36-13-10-31-33-36/h7-8,10,13-17,19,30,32H,5-6,9,11-12,18H2,1-4H3/t19-/m0/s1. The van der Waals surface area contributed by atoms with Crippen molar-refractivity contribution in [1.82, 2.24) is 29.8 Å². The van der Waals surface area contributed by atoms with Gasteiger partial charge in [0.15, 0.2) is 0 Å². The van der Waals surface area contributed by atoms with Gasteiger partial charge in [-0.1, -0.05) is 5.21 Å². The van der Waals surface area contributed by atoms with Crippen molar-refractivity contribution >= 4 is 28.4 Å². The molecule has 0 unspecified atom stereocenters. The fraction of sp³-hybridized carbons (Fsp3) is 0.379. The molecule has 0 spiro atoms. The van der Waals surface area contributed by atoms with Gasteiger partial charge in [-0.05, 0) is 54.3 Å². The SMILES string of the molecule is CNc1ccc(-c2cc([C@H]3CCCN(C(=O)CCn4ccnn4)C3)cc3[nH]c(C(=O)N(C)C)cc23)c(OC)c1. The quantitative estimate of drug-likeness (QED) is 0.358. The Bertz CT molecular complexity index is 1480. The van der Waals surface area contributed by atoms with Crippen LogP contribution in [0.3, 0.4) is 0 Å². The predicted octanol–water partition coefficient (Wildman–Crippen LogP) is 3.97. The zero-order chi connectivity index (χ0) is 27.5. The van der Waals surface area contributed by atoms with E-state index in [1.165, 1.54) is 0 Å². The summed E-state index contributed by atoms with van der Waals surface area (Å²) in [6, 6.07) is 12.3. The summed E-state index contributed by atoms with van der Waals surface area (Å²) in [7, 11) is 7.04. The number of hydrogen-bond donors (Lipinski definition) is 2. The highest BCUT2D eigenvalue weighted by Crippen LogP contribution is 2.40. The molecule has 1 atom stereocenters. The lowest BCUT2D eigenvalue weighted by atomic mass is 9.87. The summed E-state index contributed by atoms with van der Waals surface area (Å²) in [6.45, 7) is 1.93. The van der Waals surface area contributed by atoms with Gasteiger partial charge in [0.05, 0.1) is 19.9 Å². The number of piperidine rings is 1. The number of anilines is 1. The van der Waals surface area contributed by atoms with E-state index in [4.69, 9.17) is 4.74 Å². The summed E-state index contributed by atoms with van der Waals surface area (Å²) in [6.07, 6.45) is 5.70. The molecule has 2 aromatic carbocycles. The Hall–Kier alpha value is -4.34. The second kappa shape index (κ2) is 11.2. The number of amides is 2. The normalized spacial score (nSPS) is 15.4. The van der Waals surface area contributed by atoms with E-state index in [1.54, 1.807) is 43.2 Å². The van der Waals surface area contributed by atoms with E-state index in [0.29, 0.717) is 25.2 Å². The predicted molar refractivity (Wildman–Crippen MR) is 151 cm³/mol. The zero-order valence-electron chi connectivity index (χ0n) is 22.9. The molecule has 0 radical (unpaired) electrons. The van der Waals surface area contributed by atoms with Crippen molar-refractivity contribution in [2.24, 2.45) is 0 Å². The Morgan fingerprint density at radius 3 is 2.74 bits per heavy atom.